The van der Waals surface area contributed by atoms with E-state index in [0.29, 0.717) is 19.6 Å². The number of methoxy groups -OCH3 is 1. The van der Waals surface area contributed by atoms with Gasteiger partial charge in [0.15, 0.2) is 0 Å². The Morgan fingerprint density at radius 2 is 2.00 bits per heavy atom. The fourth-order valence-electron chi connectivity index (χ4n) is 2.10. The van der Waals surface area contributed by atoms with Crippen molar-refractivity contribution < 1.29 is 9.53 Å². The number of rotatable bonds is 7. The summed E-state index contributed by atoms with van der Waals surface area (Å²) >= 11 is 0. The Kier molecular flexibility index (Phi) is 5.91. The first-order chi connectivity index (χ1) is 10.7. The zero-order valence-corrected chi connectivity index (χ0v) is 13.0. The van der Waals surface area contributed by atoms with Crippen molar-refractivity contribution in [1.82, 2.24) is 15.2 Å². The molecule has 2 aromatic rings. The standard InChI is InChI=1S/C17H21N3O2/c1-20(12-15-4-3-9-18-10-15)13-17(21)19-11-14-5-7-16(22-2)8-6-14/h3-10H,11-13H2,1-2H3,(H,19,21). The second-order valence-corrected chi connectivity index (χ2v) is 5.16. The number of amides is 1. The molecule has 2 rings (SSSR count). The molecule has 1 aromatic heterocycles. The molecule has 0 spiro atoms. The first kappa shape index (κ1) is 16.0. The van der Waals surface area contributed by atoms with Crippen molar-refractivity contribution >= 4 is 5.91 Å². The van der Waals surface area contributed by atoms with E-state index in [1.165, 1.54) is 0 Å². The zero-order valence-electron chi connectivity index (χ0n) is 13.0. The number of nitrogens with zero attached hydrogens (tertiary/aromatic N) is 2. The van der Waals surface area contributed by atoms with Crippen molar-refractivity contribution in [2.24, 2.45) is 0 Å². The summed E-state index contributed by atoms with van der Waals surface area (Å²) in [6.45, 7) is 1.57. The number of likely N-dealkylation sites (N-methyl/N-ethyl adjacent to an activating group) is 1. The van der Waals surface area contributed by atoms with Crippen LogP contribution in [0, 0.1) is 0 Å². The third-order valence-corrected chi connectivity index (χ3v) is 3.24. The van der Waals surface area contributed by atoms with E-state index in [-0.39, 0.29) is 5.91 Å². The third kappa shape index (κ3) is 5.18. The molecule has 22 heavy (non-hydrogen) atoms. The Labute approximate surface area is 130 Å². The average molecular weight is 299 g/mol. The van der Waals surface area contributed by atoms with E-state index in [2.05, 4.69) is 10.3 Å². The van der Waals surface area contributed by atoms with Gasteiger partial charge in [0.05, 0.1) is 13.7 Å². The van der Waals surface area contributed by atoms with Crippen molar-refractivity contribution in [1.29, 1.82) is 0 Å². The van der Waals surface area contributed by atoms with E-state index in [1.54, 1.807) is 13.3 Å². The Hall–Kier alpha value is -2.40. The predicted octanol–water partition coefficient (Wildman–Crippen LogP) is 1.84. The first-order valence-electron chi connectivity index (χ1n) is 7.14. The van der Waals surface area contributed by atoms with Crippen LogP contribution in [0.1, 0.15) is 11.1 Å². The molecule has 0 fully saturated rings. The highest BCUT2D eigenvalue weighted by molar-refractivity contribution is 5.77. The van der Waals surface area contributed by atoms with Gasteiger partial charge >= 0.3 is 0 Å². The Bertz CT molecular complexity index is 585. The van der Waals surface area contributed by atoms with Gasteiger partial charge in [0, 0.05) is 25.5 Å². The lowest BCUT2D eigenvalue weighted by Crippen LogP contribution is -2.34. The summed E-state index contributed by atoms with van der Waals surface area (Å²) in [4.78, 5) is 18.0. The fourth-order valence-corrected chi connectivity index (χ4v) is 2.10. The molecule has 0 saturated heterocycles. The second kappa shape index (κ2) is 8.14. The van der Waals surface area contributed by atoms with Crippen LogP contribution in [0.5, 0.6) is 5.75 Å². The van der Waals surface area contributed by atoms with Crippen LogP contribution in [-0.2, 0) is 17.9 Å². The van der Waals surface area contributed by atoms with Crippen LogP contribution in [-0.4, -0.2) is 36.5 Å². The van der Waals surface area contributed by atoms with Crippen molar-refractivity contribution in [3.05, 3.63) is 59.9 Å². The summed E-state index contributed by atoms with van der Waals surface area (Å²) in [5, 5.41) is 2.92. The largest absolute Gasteiger partial charge is 0.497 e. The molecule has 0 saturated carbocycles. The monoisotopic (exact) mass is 299 g/mol. The minimum atomic E-state index is 0.00204. The van der Waals surface area contributed by atoms with E-state index >= 15 is 0 Å². The number of carbonyl (C=O) groups is 1. The van der Waals surface area contributed by atoms with Crippen molar-refractivity contribution in [2.75, 3.05) is 20.7 Å². The highest BCUT2D eigenvalue weighted by Gasteiger charge is 2.07. The molecule has 0 radical (unpaired) electrons. The Balaban J connectivity index is 1.75. The number of hydrogen-bond acceptors (Lipinski definition) is 4. The summed E-state index contributed by atoms with van der Waals surface area (Å²) in [5.74, 6) is 0.813. The van der Waals surface area contributed by atoms with Crippen LogP contribution >= 0.6 is 0 Å². The highest BCUT2D eigenvalue weighted by Crippen LogP contribution is 2.10. The van der Waals surface area contributed by atoms with Crippen LogP contribution in [0.2, 0.25) is 0 Å². The fraction of sp³-hybridized carbons (Fsp3) is 0.294. The van der Waals surface area contributed by atoms with E-state index in [1.807, 2.05) is 54.5 Å². The maximum absolute atomic E-state index is 11.9. The van der Waals surface area contributed by atoms with Crippen molar-refractivity contribution in [3.63, 3.8) is 0 Å². The first-order valence-corrected chi connectivity index (χ1v) is 7.14. The second-order valence-electron chi connectivity index (χ2n) is 5.16. The molecule has 1 heterocycles. The van der Waals surface area contributed by atoms with Crippen LogP contribution in [0.4, 0.5) is 0 Å². The van der Waals surface area contributed by atoms with Gasteiger partial charge in [-0.3, -0.25) is 14.7 Å². The molecule has 5 nitrogen and oxygen atoms in total. The Morgan fingerprint density at radius 1 is 1.23 bits per heavy atom. The lowest BCUT2D eigenvalue weighted by atomic mass is 10.2. The Morgan fingerprint density at radius 3 is 2.64 bits per heavy atom. The predicted molar refractivity (Wildman–Crippen MR) is 85.4 cm³/mol. The summed E-state index contributed by atoms with van der Waals surface area (Å²) in [5.41, 5.74) is 2.14. The molecule has 0 aliphatic heterocycles. The smallest absolute Gasteiger partial charge is 0.234 e. The molecule has 0 bridgehead atoms. The van der Waals surface area contributed by atoms with Gasteiger partial charge in [0.2, 0.25) is 5.91 Å². The number of nitrogens with one attached hydrogen (secondary N) is 1. The highest BCUT2D eigenvalue weighted by atomic mass is 16.5. The number of carbonyl (C=O) groups excluding carboxylic acids is 1. The number of pyridine rings is 1. The molecule has 0 unspecified atom stereocenters. The van der Waals surface area contributed by atoms with Crippen LogP contribution in [0.15, 0.2) is 48.8 Å². The van der Waals surface area contributed by atoms with Crippen molar-refractivity contribution in [3.8, 4) is 5.75 Å². The van der Waals surface area contributed by atoms with E-state index < -0.39 is 0 Å². The van der Waals surface area contributed by atoms with Gasteiger partial charge in [0.25, 0.3) is 0 Å². The number of ether oxygens (including phenoxy) is 1. The third-order valence-electron chi connectivity index (χ3n) is 3.24. The van der Waals surface area contributed by atoms with Crippen LogP contribution in [0.25, 0.3) is 0 Å². The average Bonchev–Trinajstić information content (AvgIpc) is 2.54. The van der Waals surface area contributed by atoms with Gasteiger partial charge in [-0.25, -0.2) is 0 Å². The topological polar surface area (TPSA) is 54.5 Å². The minimum Gasteiger partial charge on any atom is -0.497 e. The van der Waals surface area contributed by atoms with Crippen LogP contribution < -0.4 is 10.1 Å². The molecule has 0 atom stereocenters. The summed E-state index contributed by atoms with van der Waals surface area (Å²) in [6.07, 6.45) is 3.55. The summed E-state index contributed by atoms with van der Waals surface area (Å²) < 4.78 is 5.10. The van der Waals surface area contributed by atoms with E-state index in [4.69, 9.17) is 4.74 Å². The van der Waals surface area contributed by atoms with E-state index in [0.717, 1.165) is 16.9 Å². The van der Waals surface area contributed by atoms with Gasteiger partial charge in [-0.1, -0.05) is 18.2 Å². The molecular formula is C17H21N3O2. The van der Waals surface area contributed by atoms with Gasteiger partial charge in [0.1, 0.15) is 5.75 Å². The molecule has 116 valence electrons. The lowest BCUT2D eigenvalue weighted by molar-refractivity contribution is -0.122. The molecule has 1 aromatic carbocycles. The molecule has 0 aliphatic rings. The molecule has 0 aliphatic carbocycles. The zero-order chi connectivity index (χ0) is 15.8. The van der Waals surface area contributed by atoms with Gasteiger partial charge in [-0.2, -0.15) is 0 Å². The summed E-state index contributed by atoms with van der Waals surface area (Å²) in [6, 6.07) is 11.6. The quantitative estimate of drug-likeness (QED) is 0.847. The number of benzene rings is 1. The maximum Gasteiger partial charge on any atom is 0.234 e. The normalized spacial score (nSPS) is 10.5. The number of aromatic nitrogens is 1. The maximum atomic E-state index is 11.9. The molecule has 1 amide bonds. The lowest BCUT2D eigenvalue weighted by Gasteiger charge is -2.16. The van der Waals surface area contributed by atoms with Gasteiger partial charge < -0.3 is 10.1 Å². The molecule has 1 N–H and O–H groups in total. The SMILES string of the molecule is COc1ccc(CNC(=O)CN(C)Cc2cccnc2)cc1. The number of hydrogen-bond donors (Lipinski definition) is 1. The van der Waals surface area contributed by atoms with Crippen LogP contribution in [0.3, 0.4) is 0 Å². The molecular weight excluding hydrogens is 278 g/mol. The van der Waals surface area contributed by atoms with Gasteiger partial charge in [-0.15, -0.1) is 0 Å². The van der Waals surface area contributed by atoms with Gasteiger partial charge in [-0.05, 0) is 36.4 Å². The summed E-state index contributed by atoms with van der Waals surface area (Å²) in [7, 11) is 3.55. The van der Waals surface area contributed by atoms with Crippen molar-refractivity contribution in [2.45, 2.75) is 13.1 Å². The molecule has 5 heteroatoms. The minimum absolute atomic E-state index is 0.00204. The van der Waals surface area contributed by atoms with E-state index in [9.17, 15) is 4.79 Å².